The number of benzene rings is 3. The van der Waals surface area contributed by atoms with E-state index in [2.05, 4.69) is 24.3 Å². The third-order valence-corrected chi connectivity index (χ3v) is 6.84. The molecule has 0 spiro atoms. The Morgan fingerprint density at radius 3 is 1.98 bits per heavy atom. The molecule has 1 unspecified atom stereocenters. The molecular formula is C27H15F12NO5S. The second kappa shape index (κ2) is 12.7. The fourth-order valence-corrected chi connectivity index (χ4v) is 4.57. The van der Waals surface area contributed by atoms with E-state index in [4.69, 9.17) is 0 Å². The summed E-state index contributed by atoms with van der Waals surface area (Å²) in [6, 6.07) is 14.8. The van der Waals surface area contributed by atoms with Gasteiger partial charge in [-0.2, -0.15) is 57.7 Å². The molecule has 1 atom stereocenters. The first-order valence-corrected chi connectivity index (χ1v) is 13.0. The van der Waals surface area contributed by atoms with Gasteiger partial charge >= 0.3 is 35.4 Å². The van der Waals surface area contributed by atoms with E-state index in [0.717, 1.165) is 24.3 Å². The average molecular weight is 693 g/mol. The number of hydrogen-bond donors (Lipinski definition) is 0. The van der Waals surface area contributed by atoms with Crippen molar-refractivity contribution >= 4 is 23.7 Å². The van der Waals surface area contributed by atoms with Gasteiger partial charge < -0.3 is 4.74 Å². The second-order valence-corrected chi connectivity index (χ2v) is 10.2. The summed E-state index contributed by atoms with van der Waals surface area (Å²) in [4.78, 5) is 15.6. The van der Waals surface area contributed by atoms with Gasteiger partial charge in [-0.15, -0.1) is 4.33 Å². The zero-order valence-electron chi connectivity index (χ0n) is 22.1. The molecule has 0 saturated carbocycles. The number of carbonyl (C=O) groups is 1. The maximum absolute atomic E-state index is 14.8. The fourth-order valence-electron chi connectivity index (χ4n) is 4.15. The van der Waals surface area contributed by atoms with Gasteiger partial charge in [0.1, 0.15) is 12.0 Å². The quantitative estimate of drug-likeness (QED) is 0.0298. The van der Waals surface area contributed by atoms with Crippen molar-refractivity contribution in [2.24, 2.45) is 5.16 Å². The topological polar surface area (TPSA) is 66.4 Å². The third kappa shape index (κ3) is 7.05. The smallest absolute Gasteiger partial charge is 0.441 e. The molecule has 0 radical (unpaired) electrons. The van der Waals surface area contributed by atoms with Gasteiger partial charge in [-0.25, -0.2) is 4.79 Å². The predicted octanol–water partition coefficient (Wildman–Crippen LogP) is 8.70. The van der Waals surface area contributed by atoms with Crippen LogP contribution in [0.5, 0.6) is 0 Å². The number of alkyl halides is 12. The Morgan fingerprint density at radius 2 is 1.35 bits per heavy atom. The minimum atomic E-state index is -6.83. The normalized spacial score (nSPS) is 14.8. The molecule has 0 N–H and O–H groups in total. The van der Waals surface area contributed by atoms with Crippen molar-refractivity contribution < 1.29 is 76.6 Å². The van der Waals surface area contributed by atoms with Crippen LogP contribution in [0.2, 0.25) is 0 Å². The fraction of sp³-hybridized carbons (Fsp3) is 0.259. The SMILES string of the molecule is O=C(OC(C(F)(F)F)C(F)(F)SOOON=C(c1ccc2c(c1)Cc1ccccc1-2)C(F)(F)C(F)(F)C(F)(F)F)c1ccccc1. The molecule has 0 bridgehead atoms. The van der Waals surface area contributed by atoms with Crippen LogP contribution in [0.4, 0.5) is 52.7 Å². The van der Waals surface area contributed by atoms with Crippen LogP contribution in [0.15, 0.2) is 78.0 Å². The molecule has 1 aliphatic rings. The average Bonchev–Trinajstić information content (AvgIpc) is 3.34. The highest BCUT2D eigenvalue weighted by Gasteiger charge is 2.75. The van der Waals surface area contributed by atoms with Crippen LogP contribution in [0.25, 0.3) is 11.1 Å². The summed E-state index contributed by atoms with van der Waals surface area (Å²) < 4.78 is 172. The van der Waals surface area contributed by atoms with E-state index in [1.165, 1.54) is 18.2 Å². The molecular weight excluding hydrogens is 678 g/mol. The van der Waals surface area contributed by atoms with Crippen molar-refractivity contribution in [1.82, 2.24) is 0 Å². The number of ether oxygens (including phenoxy) is 1. The van der Waals surface area contributed by atoms with Crippen LogP contribution in [0.1, 0.15) is 27.0 Å². The van der Waals surface area contributed by atoms with Crippen molar-refractivity contribution in [3.05, 3.63) is 95.1 Å². The standard InChI is InChI=1S/C27H15F12NO5S/c28-23(29,26(35,36)27(37,38)39)20(16-10-11-19-17(13-16)12-15-8-4-5-9-18(15)19)40-43-44-45-46-25(33,34)22(24(30,31)32)42-21(41)14-6-2-1-3-7-14/h1-11,13,22H,12H2. The molecule has 4 rings (SSSR count). The number of hydrogen-bond acceptors (Lipinski definition) is 7. The van der Waals surface area contributed by atoms with Crippen LogP contribution in [0.3, 0.4) is 0 Å². The summed E-state index contributed by atoms with van der Waals surface area (Å²) in [5, 5.41) is 0.699. The molecule has 6 nitrogen and oxygen atoms in total. The lowest BCUT2D eigenvalue weighted by atomic mass is 9.95. The maximum Gasteiger partial charge on any atom is 0.460 e. The number of halogens is 12. The zero-order chi connectivity index (χ0) is 34.1. The third-order valence-electron chi connectivity index (χ3n) is 6.28. The molecule has 19 heteroatoms. The monoisotopic (exact) mass is 693 g/mol. The first-order chi connectivity index (χ1) is 21.3. The van der Waals surface area contributed by atoms with Gasteiger partial charge in [0.25, 0.3) is 6.10 Å². The molecule has 0 heterocycles. The molecule has 248 valence electrons. The van der Waals surface area contributed by atoms with Crippen molar-refractivity contribution in [3.63, 3.8) is 0 Å². The molecule has 0 aromatic heterocycles. The molecule has 46 heavy (non-hydrogen) atoms. The lowest BCUT2D eigenvalue weighted by Crippen LogP contribution is -2.56. The van der Waals surface area contributed by atoms with Crippen molar-refractivity contribution in [2.45, 2.75) is 42.0 Å². The van der Waals surface area contributed by atoms with E-state index in [1.807, 2.05) is 0 Å². The summed E-state index contributed by atoms with van der Waals surface area (Å²) >= 11 is -1.54. The van der Waals surface area contributed by atoms with E-state index in [1.54, 1.807) is 24.3 Å². The molecule has 1 aliphatic carbocycles. The Kier molecular flexibility index (Phi) is 9.61. The maximum atomic E-state index is 14.8. The highest BCUT2D eigenvalue weighted by Crippen LogP contribution is 2.49. The highest BCUT2D eigenvalue weighted by molar-refractivity contribution is 7.95. The minimum Gasteiger partial charge on any atom is -0.441 e. The first kappa shape index (κ1) is 34.9. The summed E-state index contributed by atoms with van der Waals surface area (Å²) in [5.74, 6) is -14.8. The van der Waals surface area contributed by atoms with Gasteiger partial charge in [0, 0.05) is 10.6 Å². The second-order valence-electron chi connectivity index (χ2n) is 9.34. The van der Waals surface area contributed by atoms with E-state index in [9.17, 15) is 57.5 Å². The number of oxime groups is 1. The Hall–Kier alpha value is -3.97. The van der Waals surface area contributed by atoms with Crippen LogP contribution in [-0.2, 0) is 25.5 Å². The number of esters is 1. The summed E-state index contributed by atoms with van der Waals surface area (Å²) in [5.41, 5.74) is -2.09. The van der Waals surface area contributed by atoms with Crippen LogP contribution in [0, 0.1) is 0 Å². The van der Waals surface area contributed by atoms with Gasteiger partial charge in [-0.3, -0.25) is 0 Å². The summed E-state index contributed by atoms with van der Waals surface area (Å²) in [6.07, 6.45) is -16.9. The van der Waals surface area contributed by atoms with Crippen LogP contribution in [-0.4, -0.2) is 47.2 Å². The molecule has 0 amide bonds. The van der Waals surface area contributed by atoms with E-state index < -0.39 is 70.4 Å². The molecule has 0 fully saturated rings. The van der Waals surface area contributed by atoms with Crippen molar-refractivity contribution in [1.29, 1.82) is 0 Å². The summed E-state index contributed by atoms with van der Waals surface area (Å²) in [6.45, 7) is 0. The molecule has 0 aliphatic heterocycles. The highest BCUT2D eigenvalue weighted by atomic mass is 32.2. The molecule has 0 saturated heterocycles. The predicted molar refractivity (Wildman–Crippen MR) is 135 cm³/mol. The number of rotatable bonds is 11. The molecule has 3 aromatic rings. The summed E-state index contributed by atoms with van der Waals surface area (Å²) in [7, 11) is 0. The Bertz CT molecular complexity index is 1600. The first-order valence-electron chi connectivity index (χ1n) is 12.3. The van der Waals surface area contributed by atoms with Crippen LogP contribution < -0.4 is 0 Å². The molecule has 3 aromatic carbocycles. The Morgan fingerprint density at radius 1 is 0.739 bits per heavy atom. The Balaban J connectivity index is 1.54. The van der Waals surface area contributed by atoms with Crippen molar-refractivity contribution in [2.75, 3.05) is 0 Å². The number of fused-ring (bicyclic) bond motifs is 3. The minimum absolute atomic E-state index is 0.0509. The van der Waals surface area contributed by atoms with Gasteiger partial charge in [-0.05, 0) is 52.0 Å². The number of nitrogens with zero attached hydrogens (tertiary/aromatic N) is 1. The van der Waals surface area contributed by atoms with E-state index in [0.29, 0.717) is 22.8 Å². The number of carbonyl (C=O) groups excluding carboxylic acids is 1. The van der Waals surface area contributed by atoms with E-state index >= 15 is 0 Å². The lowest BCUT2D eigenvalue weighted by molar-refractivity contribution is -0.464. The van der Waals surface area contributed by atoms with Crippen LogP contribution >= 0.6 is 12.0 Å². The van der Waals surface area contributed by atoms with Gasteiger partial charge in [0.15, 0.2) is 5.71 Å². The van der Waals surface area contributed by atoms with E-state index in [-0.39, 0.29) is 12.0 Å². The van der Waals surface area contributed by atoms with Gasteiger partial charge in [0.05, 0.1) is 5.56 Å². The van der Waals surface area contributed by atoms with Gasteiger partial charge in [-0.1, -0.05) is 54.6 Å². The Labute approximate surface area is 253 Å². The van der Waals surface area contributed by atoms with Crippen molar-refractivity contribution in [3.8, 4) is 11.1 Å². The van der Waals surface area contributed by atoms with Gasteiger partial charge in [0.2, 0.25) is 0 Å². The lowest BCUT2D eigenvalue weighted by Gasteiger charge is -2.28. The zero-order valence-corrected chi connectivity index (χ0v) is 23.0. The largest absolute Gasteiger partial charge is 0.460 e.